The lowest BCUT2D eigenvalue weighted by Gasteiger charge is -2.32. The molecule has 3 rings (SSSR count). The molecule has 1 N–H and O–H groups in total. The second-order valence-corrected chi connectivity index (χ2v) is 11.2. The van der Waals surface area contributed by atoms with Crippen molar-refractivity contribution in [1.82, 2.24) is 5.32 Å². The Labute approximate surface area is 179 Å². The van der Waals surface area contributed by atoms with Gasteiger partial charge in [-0.05, 0) is 51.2 Å². The van der Waals surface area contributed by atoms with Crippen LogP contribution in [0.2, 0.25) is 0 Å². The monoisotopic (exact) mass is 416 g/mol. The van der Waals surface area contributed by atoms with E-state index in [0.717, 1.165) is 21.6 Å². The first-order valence-electron chi connectivity index (χ1n) is 10.2. The lowest BCUT2D eigenvalue weighted by Crippen LogP contribution is -2.41. The summed E-state index contributed by atoms with van der Waals surface area (Å²) in [7, 11) is -0.370. The molecule has 1 unspecified atom stereocenters. The van der Waals surface area contributed by atoms with Crippen molar-refractivity contribution in [2.24, 2.45) is 10.4 Å². The number of thioether (sulfide) groups is 1. The van der Waals surface area contributed by atoms with E-state index in [1.165, 1.54) is 0 Å². The predicted octanol–water partition coefficient (Wildman–Crippen LogP) is 3.47. The molecule has 0 saturated carbocycles. The van der Waals surface area contributed by atoms with Crippen molar-refractivity contribution in [3.8, 4) is 0 Å². The number of carbonyl (C=O) groups excluding carboxylic acids is 1. The number of carbonyl (C=O) groups is 1. The Balaban J connectivity index is 1.59. The fraction of sp³-hybridized carbons (Fsp3) is 0.636. The van der Waals surface area contributed by atoms with E-state index in [1.54, 1.807) is 11.8 Å². The molecule has 1 fully saturated rings. The van der Waals surface area contributed by atoms with Gasteiger partial charge in [-0.25, -0.2) is 0 Å². The summed E-state index contributed by atoms with van der Waals surface area (Å²) in [5, 5.41) is 4.00. The van der Waals surface area contributed by atoms with E-state index in [-0.39, 0.29) is 34.9 Å². The normalized spacial score (nSPS) is 23.2. The highest BCUT2D eigenvalue weighted by Gasteiger charge is 2.51. The summed E-state index contributed by atoms with van der Waals surface area (Å²) in [4.78, 5) is 17.1. The fourth-order valence-electron chi connectivity index (χ4n) is 3.26. The van der Waals surface area contributed by atoms with Gasteiger partial charge >= 0.3 is 7.12 Å². The topological polar surface area (TPSA) is 59.9 Å². The lowest BCUT2D eigenvalue weighted by atomic mass is 9.78. The average Bonchev–Trinajstić information content (AvgIpc) is 3.16. The maximum Gasteiger partial charge on any atom is 0.494 e. The van der Waals surface area contributed by atoms with Crippen LogP contribution < -0.4 is 10.8 Å². The number of nitrogens with one attached hydrogen (secondary N) is 1. The van der Waals surface area contributed by atoms with Crippen LogP contribution in [0, 0.1) is 12.3 Å². The van der Waals surface area contributed by atoms with Crippen molar-refractivity contribution in [2.75, 3.05) is 6.54 Å². The van der Waals surface area contributed by atoms with Crippen molar-refractivity contribution in [3.63, 3.8) is 0 Å². The Morgan fingerprint density at radius 3 is 2.38 bits per heavy atom. The van der Waals surface area contributed by atoms with Gasteiger partial charge in [0.15, 0.2) is 0 Å². The zero-order valence-electron chi connectivity index (χ0n) is 18.9. The van der Waals surface area contributed by atoms with Crippen molar-refractivity contribution in [2.45, 2.75) is 78.4 Å². The maximum absolute atomic E-state index is 12.6. The van der Waals surface area contributed by atoms with Crippen LogP contribution in [0.4, 0.5) is 0 Å². The minimum atomic E-state index is -0.370. The second kappa shape index (κ2) is 7.75. The van der Waals surface area contributed by atoms with E-state index in [4.69, 9.17) is 9.31 Å². The summed E-state index contributed by atoms with van der Waals surface area (Å²) < 4.78 is 12.3. The van der Waals surface area contributed by atoms with Crippen LogP contribution in [0.25, 0.3) is 0 Å². The molecular formula is C22H33BN2O3S. The summed E-state index contributed by atoms with van der Waals surface area (Å²) in [6, 6.07) is 6.17. The van der Waals surface area contributed by atoms with Gasteiger partial charge < -0.3 is 14.6 Å². The van der Waals surface area contributed by atoms with Crippen LogP contribution in [-0.4, -0.2) is 41.1 Å². The molecule has 7 heteroatoms. The summed E-state index contributed by atoms with van der Waals surface area (Å²) in [5.74, 6) is 0.0486. The van der Waals surface area contributed by atoms with Gasteiger partial charge in [0.1, 0.15) is 5.25 Å². The molecule has 1 aromatic carbocycles. The van der Waals surface area contributed by atoms with E-state index >= 15 is 0 Å². The van der Waals surface area contributed by atoms with Crippen LogP contribution >= 0.6 is 11.8 Å². The number of benzene rings is 1. The van der Waals surface area contributed by atoms with Crippen molar-refractivity contribution >= 4 is 35.3 Å². The van der Waals surface area contributed by atoms with Gasteiger partial charge in [0.2, 0.25) is 5.91 Å². The molecule has 5 nitrogen and oxygen atoms in total. The predicted molar refractivity (Wildman–Crippen MR) is 122 cm³/mol. The minimum Gasteiger partial charge on any atom is -0.399 e. The molecule has 1 atom stereocenters. The van der Waals surface area contributed by atoms with E-state index in [0.29, 0.717) is 13.1 Å². The van der Waals surface area contributed by atoms with Gasteiger partial charge in [0, 0.05) is 12.0 Å². The Hall–Kier alpha value is -1.31. The lowest BCUT2D eigenvalue weighted by molar-refractivity contribution is -0.120. The first-order chi connectivity index (χ1) is 13.3. The Morgan fingerprint density at radius 1 is 1.24 bits per heavy atom. The molecule has 0 bridgehead atoms. The van der Waals surface area contributed by atoms with Gasteiger partial charge in [-0.15, -0.1) is 0 Å². The molecule has 29 heavy (non-hydrogen) atoms. The summed E-state index contributed by atoms with van der Waals surface area (Å²) in [5.41, 5.74) is 2.50. The maximum atomic E-state index is 12.6. The molecule has 0 aliphatic carbocycles. The van der Waals surface area contributed by atoms with Gasteiger partial charge in [0.05, 0.1) is 22.8 Å². The van der Waals surface area contributed by atoms with Crippen LogP contribution in [0.5, 0.6) is 0 Å². The molecule has 0 radical (unpaired) electrons. The third-order valence-electron chi connectivity index (χ3n) is 5.93. The van der Waals surface area contributed by atoms with Crippen molar-refractivity contribution in [3.05, 3.63) is 29.3 Å². The quantitative estimate of drug-likeness (QED) is 0.764. The molecular weight excluding hydrogens is 383 g/mol. The number of nitrogens with zero attached hydrogens (tertiary/aromatic N) is 1. The summed E-state index contributed by atoms with van der Waals surface area (Å²) >= 11 is 1.59. The molecule has 1 aromatic rings. The number of amides is 1. The highest BCUT2D eigenvalue weighted by atomic mass is 32.2. The number of hydrogen-bond acceptors (Lipinski definition) is 5. The summed E-state index contributed by atoms with van der Waals surface area (Å²) in [6.07, 6.45) is 0. The summed E-state index contributed by atoms with van der Waals surface area (Å²) in [6.45, 7) is 17.7. The molecule has 158 valence electrons. The first-order valence-corrected chi connectivity index (χ1v) is 11.1. The zero-order chi connectivity index (χ0) is 21.6. The van der Waals surface area contributed by atoms with E-state index in [9.17, 15) is 4.79 Å². The molecule has 0 spiro atoms. The Kier molecular flexibility index (Phi) is 5.98. The zero-order valence-corrected chi connectivity index (χ0v) is 19.7. The van der Waals surface area contributed by atoms with Crippen LogP contribution in [0.3, 0.4) is 0 Å². The van der Waals surface area contributed by atoms with Gasteiger partial charge in [-0.2, -0.15) is 0 Å². The number of rotatable bonds is 4. The molecule has 1 saturated heterocycles. The van der Waals surface area contributed by atoms with Crippen LogP contribution in [-0.2, 0) is 20.6 Å². The highest BCUT2D eigenvalue weighted by Crippen LogP contribution is 2.36. The fourth-order valence-corrected chi connectivity index (χ4v) is 4.38. The standard InChI is InChI=1S/C22H33BN2O3S/c1-14-11-16(23-27-21(5,6)22(7,8)28-23)10-9-15(14)12-24-18(26)17-13-25-19(29-17)20(2,3)4/h9-11,17H,12-13H2,1-8H3,(H,24,26). The largest absolute Gasteiger partial charge is 0.494 e. The van der Waals surface area contributed by atoms with Crippen LogP contribution in [0.1, 0.15) is 59.6 Å². The van der Waals surface area contributed by atoms with Gasteiger partial charge in [-0.1, -0.05) is 50.7 Å². The van der Waals surface area contributed by atoms with E-state index in [1.807, 2.05) is 6.07 Å². The van der Waals surface area contributed by atoms with E-state index in [2.05, 4.69) is 77.8 Å². The Morgan fingerprint density at radius 2 is 1.86 bits per heavy atom. The third-order valence-corrected chi connectivity index (χ3v) is 7.55. The molecule has 2 heterocycles. The number of hydrogen-bond donors (Lipinski definition) is 1. The van der Waals surface area contributed by atoms with Crippen LogP contribution in [0.15, 0.2) is 23.2 Å². The molecule has 2 aliphatic heterocycles. The second-order valence-electron chi connectivity index (χ2n) is 9.99. The first kappa shape index (κ1) is 22.4. The third kappa shape index (κ3) is 4.73. The highest BCUT2D eigenvalue weighted by molar-refractivity contribution is 8.15. The molecule has 2 aliphatic rings. The smallest absolute Gasteiger partial charge is 0.399 e. The van der Waals surface area contributed by atoms with Gasteiger partial charge in [0.25, 0.3) is 0 Å². The molecule has 1 amide bonds. The SMILES string of the molecule is Cc1cc(B2OC(C)(C)C(C)(C)O2)ccc1CNC(=O)C1CN=C(C(C)(C)C)S1. The van der Waals surface area contributed by atoms with Crippen molar-refractivity contribution < 1.29 is 14.1 Å². The molecule has 0 aromatic heterocycles. The number of aliphatic imine (C=N–C) groups is 1. The van der Waals surface area contributed by atoms with Gasteiger partial charge in [-0.3, -0.25) is 9.79 Å². The van der Waals surface area contributed by atoms with E-state index < -0.39 is 0 Å². The Bertz CT molecular complexity index is 814. The minimum absolute atomic E-state index is 0.000369. The van der Waals surface area contributed by atoms with Crippen molar-refractivity contribution in [1.29, 1.82) is 0 Å². The average molecular weight is 416 g/mol. The number of aryl methyl sites for hydroxylation is 1.